The molecule has 0 saturated heterocycles. The van der Waals surface area contributed by atoms with Gasteiger partial charge in [-0.1, -0.05) is 139 Å². The molecule has 0 fully saturated rings. The van der Waals surface area contributed by atoms with Crippen molar-refractivity contribution in [2.45, 2.75) is 77.6 Å². The zero-order valence-corrected chi connectivity index (χ0v) is 43.6. The summed E-state index contributed by atoms with van der Waals surface area (Å²) in [5, 5.41) is 7.36. The smallest absolute Gasteiger partial charge is 0.333 e. The highest BCUT2D eigenvalue weighted by Gasteiger charge is 2.45. The maximum atomic E-state index is 6.66. The van der Waals surface area contributed by atoms with Gasteiger partial charge in [-0.05, 0) is 141 Å². The van der Waals surface area contributed by atoms with E-state index in [0.29, 0.717) is 0 Å². The highest BCUT2D eigenvalue weighted by Crippen LogP contribution is 2.53. The van der Waals surface area contributed by atoms with Crippen molar-refractivity contribution in [3.63, 3.8) is 0 Å². The first-order valence-electron chi connectivity index (χ1n) is 26.3. The van der Waals surface area contributed by atoms with Crippen LogP contribution in [0.15, 0.2) is 174 Å². The summed E-state index contributed by atoms with van der Waals surface area (Å²) < 4.78 is 14.3. The second-order valence-electron chi connectivity index (χ2n) is 23.8. The van der Waals surface area contributed by atoms with Crippen molar-refractivity contribution in [1.82, 2.24) is 14.1 Å². The Kier molecular flexibility index (Phi) is 8.33. The summed E-state index contributed by atoms with van der Waals surface area (Å²) in [4.78, 5) is 8.32. The van der Waals surface area contributed by atoms with E-state index in [2.05, 4.69) is 232 Å². The second kappa shape index (κ2) is 14.5. The lowest BCUT2D eigenvalue weighted by molar-refractivity contribution is 0.332. The first-order valence-corrected chi connectivity index (χ1v) is 27.2. The monoisotopic (exact) mass is 972 g/mol. The van der Waals surface area contributed by atoms with Crippen molar-refractivity contribution in [2.75, 3.05) is 4.81 Å². The summed E-state index contributed by atoms with van der Waals surface area (Å²) in [6.07, 6.45) is 2.38. The highest BCUT2D eigenvalue weighted by atomic mass is 32.1. The van der Waals surface area contributed by atoms with Crippen LogP contribution in [0.3, 0.4) is 0 Å². The van der Waals surface area contributed by atoms with Crippen LogP contribution in [0.1, 0.15) is 78.0 Å². The molecule has 0 bridgehead atoms. The van der Waals surface area contributed by atoms with Gasteiger partial charge in [0.05, 0.1) is 22.1 Å². The van der Waals surface area contributed by atoms with Gasteiger partial charge in [-0.15, -0.1) is 11.3 Å². The Labute approximate surface area is 434 Å². The molecule has 0 spiro atoms. The van der Waals surface area contributed by atoms with Gasteiger partial charge in [0.2, 0.25) is 0 Å². The predicted molar refractivity (Wildman–Crippen MR) is 314 cm³/mol. The number of aromatic nitrogens is 3. The van der Waals surface area contributed by atoms with Gasteiger partial charge in [0.25, 0.3) is 0 Å². The van der Waals surface area contributed by atoms with Crippen LogP contribution in [-0.4, -0.2) is 21.0 Å². The van der Waals surface area contributed by atoms with Gasteiger partial charge in [-0.25, -0.2) is 4.98 Å². The predicted octanol–water partition coefficient (Wildman–Crippen LogP) is 16.9. The van der Waals surface area contributed by atoms with Gasteiger partial charge in [0, 0.05) is 75.6 Å². The van der Waals surface area contributed by atoms with Gasteiger partial charge in [-0.2, -0.15) is 0 Å². The molecule has 5 nitrogen and oxygen atoms in total. The minimum atomic E-state index is -0.182. The molecule has 2 aliphatic heterocycles. The minimum absolute atomic E-state index is 0.00285. The van der Waals surface area contributed by atoms with Gasteiger partial charge in [0.1, 0.15) is 17.0 Å². The summed E-state index contributed by atoms with van der Waals surface area (Å²) in [7, 11) is 0. The van der Waals surface area contributed by atoms with Crippen molar-refractivity contribution in [2.24, 2.45) is 0 Å². The molecule has 9 aromatic carbocycles. The molecule has 74 heavy (non-hydrogen) atoms. The maximum absolute atomic E-state index is 6.66. The second-order valence-corrected chi connectivity index (χ2v) is 24.9. The first kappa shape index (κ1) is 42.6. The molecule has 0 radical (unpaired) electrons. The van der Waals surface area contributed by atoms with E-state index < -0.39 is 0 Å². The average molecular weight is 973 g/mol. The number of hydrogen-bond acceptors (Lipinski definition) is 4. The standard InChI is InChI=1S/C67H53BN4OS/c1-65(2,3)39-22-24-41(25-23-39)72-55-32-49-48-30-50-51(67(6,7)29-28-66(50,4)5)35-61(48)74-60(49)34-46(55)43-26-27-44-45-33-59-47(42-20-14-15-21-58(42)73-59)31-54(45)71-56-37-57-53(36-52(56)68(72)62(43)63(44)71)69-64(38-16-10-8-11-17-38)70(57)40-18-12-9-13-19-40/h8-27,30-37H,28-29H2,1-7H3. The van der Waals surface area contributed by atoms with E-state index in [9.17, 15) is 0 Å². The molecule has 16 rings (SSSR count). The normalized spacial score (nSPS) is 15.6. The Hall–Kier alpha value is -7.87. The van der Waals surface area contributed by atoms with Crippen LogP contribution in [0.5, 0.6) is 0 Å². The van der Waals surface area contributed by atoms with Gasteiger partial charge in [-0.3, -0.25) is 4.57 Å². The van der Waals surface area contributed by atoms with E-state index >= 15 is 0 Å². The molecule has 7 heteroatoms. The van der Waals surface area contributed by atoms with E-state index in [1.54, 1.807) is 0 Å². The van der Waals surface area contributed by atoms with Crippen LogP contribution in [0.2, 0.25) is 0 Å². The molecule has 0 unspecified atom stereocenters. The number of thiophene rings is 1. The average Bonchev–Trinajstić information content (AvgIpc) is 4.29. The van der Waals surface area contributed by atoms with Crippen LogP contribution in [0, 0.1) is 0 Å². The number of fused-ring (bicyclic) bond motifs is 16. The van der Waals surface area contributed by atoms with Gasteiger partial charge in [0.15, 0.2) is 0 Å². The van der Waals surface area contributed by atoms with E-state index in [1.807, 2.05) is 11.3 Å². The van der Waals surface area contributed by atoms with Crippen molar-refractivity contribution < 1.29 is 4.42 Å². The molecule has 356 valence electrons. The summed E-state index contributed by atoms with van der Waals surface area (Å²) >= 11 is 1.96. The van der Waals surface area contributed by atoms with Crippen LogP contribution in [0.4, 0.5) is 11.4 Å². The lowest BCUT2D eigenvalue weighted by atomic mass is 9.44. The zero-order chi connectivity index (χ0) is 49.7. The Morgan fingerprint density at radius 3 is 2.01 bits per heavy atom. The Morgan fingerprint density at radius 2 is 1.24 bits per heavy atom. The quantitative estimate of drug-likeness (QED) is 0.166. The molecule has 3 aliphatic rings. The lowest BCUT2D eigenvalue weighted by Crippen LogP contribution is -2.60. The number of imidazole rings is 1. The number of benzene rings is 9. The third kappa shape index (κ3) is 5.73. The number of hydrogen-bond donors (Lipinski definition) is 0. The first-order chi connectivity index (χ1) is 35.8. The van der Waals surface area contributed by atoms with E-state index in [1.165, 1.54) is 105 Å². The minimum Gasteiger partial charge on any atom is -0.456 e. The van der Waals surface area contributed by atoms with E-state index in [-0.39, 0.29) is 23.1 Å². The molecule has 0 amide bonds. The van der Waals surface area contributed by atoms with Gasteiger partial charge < -0.3 is 13.8 Å². The number of para-hydroxylation sites is 2. The topological polar surface area (TPSA) is 39.1 Å². The number of anilines is 2. The van der Waals surface area contributed by atoms with Crippen LogP contribution in [-0.2, 0) is 16.2 Å². The Balaban J connectivity index is 1.06. The van der Waals surface area contributed by atoms with Crippen LogP contribution < -0.4 is 15.7 Å². The van der Waals surface area contributed by atoms with Crippen LogP contribution in [0.25, 0.3) is 109 Å². The maximum Gasteiger partial charge on any atom is 0.333 e. The molecule has 13 aromatic rings. The van der Waals surface area contributed by atoms with Crippen molar-refractivity contribution in [3.8, 4) is 33.9 Å². The van der Waals surface area contributed by atoms with E-state index in [4.69, 9.17) is 9.40 Å². The molecule has 0 saturated carbocycles. The van der Waals surface area contributed by atoms with Crippen molar-refractivity contribution in [1.29, 1.82) is 0 Å². The molecule has 0 atom stereocenters. The summed E-state index contributed by atoms with van der Waals surface area (Å²) in [5.41, 5.74) is 21.6. The SMILES string of the molecule is CC(C)(C)c1ccc(N2B3c4cc5nc(-c6ccccc6)n(-c6ccccc6)c5cc4-n4c5cc6c(cc5c5ccc(c3c54)-c3cc4sc5cc7c(cc5c4cc32)C(C)(C)CCC7(C)C)oc2ccccc26)cc1. The lowest BCUT2D eigenvalue weighted by Gasteiger charge is -2.42. The van der Waals surface area contributed by atoms with E-state index in [0.717, 1.165) is 55.7 Å². The fourth-order valence-corrected chi connectivity index (χ4v) is 14.7. The molecular weight excluding hydrogens is 920 g/mol. The summed E-state index contributed by atoms with van der Waals surface area (Å²) in [6, 6.07) is 64.0. The fraction of sp³-hybridized carbons (Fsp3) is 0.179. The molecular formula is C67H53BN4OS. The number of rotatable bonds is 3. The number of furan rings is 1. The molecule has 0 N–H and O–H groups in total. The Morgan fingerprint density at radius 1 is 0.541 bits per heavy atom. The van der Waals surface area contributed by atoms with Crippen molar-refractivity contribution in [3.05, 3.63) is 187 Å². The largest absolute Gasteiger partial charge is 0.456 e. The molecule has 1 aliphatic carbocycles. The highest BCUT2D eigenvalue weighted by molar-refractivity contribution is 7.25. The molecule has 6 heterocycles. The summed E-state index contributed by atoms with van der Waals surface area (Å²) in [5.74, 6) is 0.922. The zero-order valence-electron chi connectivity index (χ0n) is 42.8. The summed E-state index contributed by atoms with van der Waals surface area (Å²) in [6.45, 7) is 16.5. The third-order valence-electron chi connectivity index (χ3n) is 17.5. The van der Waals surface area contributed by atoms with Crippen LogP contribution >= 0.6 is 11.3 Å². The fourth-order valence-electron chi connectivity index (χ4n) is 13.5. The number of nitrogens with zero attached hydrogens (tertiary/aromatic N) is 4. The van der Waals surface area contributed by atoms with Gasteiger partial charge >= 0.3 is 6.85 Å². The Bertz CT molecular complexity index is 4580. The molecule has 4 aromatic heterocycles. The third-order valence-corrected chi connectivity index (χ3v) is 18.6. The van der Waals surface area contributed by atoms with Crippen molar-refractivity contribution >= 4 is 115 Å².